The molecule has 0 aliphatic carbocycles. The van der Waals surface area contributed by atoms with E-state index in [2.05, 4.69) is 0 Å². The molecular formula is C12H13N2O4S3-. The summed E-state index contributed by atoms with van der Waals surface area (Å²) in [6.45, 7) is 0.427. The molecule has 0 N–H and O–H groups in total. The molecule has 9 heteroatoms. The lowest BCUT2D eigenvalue weighted by atomic mass is 10.2. The number of hydrogen-bond acceptors (Lipinski definition) is 7. The number of thioether (sulfide) groups is 1. The number of allylic oxidation sites excluding steroid dienone is 3. The van der Waals surface area contributed by atoms with E-state index < -0.39 is 10.1 Å². The molecule has 0 unspecified atom stereocenters. The van der Waals surface area contributed by atoms with Crippen LogP contribution in [0.25, 0.3) is 0 Å². The first-order valence-electron chi connectivity index (χ1n) is 6.08. The lowest BCUT2D eigenvalue weighted by molar-refractivity contribution is -0.121. The maximum atomic E-state index is 12.0. The number of nitrogens with zero attached hydrogens (tertiary/aromatic N) is 2. The van der Waals surface area contributed by atoms with Gasteiger partial charge in [0.25, 0.3) is 5.91 Å². The van der Waals surface area contributed by atoms with Crippen molar-refractivity contribution in [2.45, 2.75) is 6.42 Å². The number of amides is 1. The lowest BCUT2D eigenvalue weighted by Crippen LogP contribution is -2.22. The molecular weight excluding hydrogens is 332 g/mol. The van der Waals surface area contributed by atoms with Gasteiger partial charge in [0.1, 0.15) is 4.32 Å². The van der Waals surface area contributed by atoms with Crippen LogP contribution in [0.15, 0.2) is 35.0 Å². The highest BCUT2D eigenvalue weighted by Crippen LogP contribution is 2.33. The monoisotopic (exact) mass is 345 g/mol. The fraction of sp³-hybridized carbons (Fsp3) is 0.333. The first-order valence-corrected chi connectivity index (χ1v) is 8.88. The van der Waals surface area contributed by atoms with E-state index in [4.69, 9.17) is 12.2 Å². The summed E-state index contributed by atoms with van der Waals surface area (Å²) in [5, 5.41) is 0. The van der Waals surface area contributed by atoms with Crippen molar-refractivity contribution in [2.75, 3.05) is 19.3 Å². The van der Waals surface area contributed by atoms with E-state index in [1.807, 2.05) is 0 Å². The Morgan fingerprint density at radius 2 is 1.95 bits per heavy atom. The van der Waals surface area contributed by atoms with E-state index in [1.54, 1.807) is 36.5 Å². The number of carbonyl (C=O) groups excluding carboxylic acids is 1. The molecule has 114 valence electrons. The Balaban J connectivity index is 1.99. The van der Waals surface area contributed by atoms with Crippen molar-refractivity contribution < 1.29 is 17.8 Å². The second kappa shape index (κ2) is 6.30. The van der Waals surface area contributed by atoms with Crippen LogP contribution in [0.4, 0.5) is 0 Å². The van der Waals surface area contributed by atoms with E-state index in [1.165, 1.54) is 16.7 Å². The zero-order valence-electron chi connectivity index (χ0n) is 11.2. The molecule has 0 saturated carbocycles. The van der Waals surface area contributed by atoms with Gasteiger partial charge in [0.05, 0.1) is 15.0 Å². The third-order valence-electron chi connectivity index (χ3n) is 2.93. The van der Waals surface area contributed by atoms with Gasteiger partial charge in [-0.05, 0) is 24.1 Å². The quantitative estimate of drug-likeness (QED) is 0.427. The first kappa shape index (κ1) is 16.2. The molecule has 21 heavy (non-hydrogen) atoms. The summed E-state index contributed by atoms with van der Waals surface area (Å²) in [6.07, 6.45) is 7.29. The van der Waals surface area contributed by atoms with Gasteiger partial charge in [0.2, 0.25) is 0 Å². The van der Waals surface area contributed by atoms with Gasteiger partial charge in [-0.2, -0.15) is 0 Å². The minimum atomic E-state index is -4.17. The standard InChI is InChI=1S/C12H14N2O4S3/c1-13-11(15)10(20-12(13)19)9-3-6-14(7-4-9)5-2-8-21(16,17)18/h3-4,6-7H,2,5,8H2,1H3,(H,16,17,18)/p-1. The average molecular weight is 345 g/mol. The topological polar surface area (TPSA) is 80.8 Å². The fourth-order valence-corrected chi connectivity index (χ4v) is 3.49. The van der Waals surface area contributed by atoms with E-state index in [0.29, 0.717) is 15.8 Å². The van der Waals surface area contributed by atoms with Crippen LogP contribution >= 0.6 is 24.0 Å². The highest BCUT2D eigenvalue weighted by Gasteiger charge is 2.30. The molecule has 0 aromatic carbocycles. The number of carbonyl (C=O) groups is 1. The highest BCUT2D eigenvalue weighted by molar-refractivity contribution is 8.26. The van der Waals surface area contributed by atoms with E-state index in [0.717, 1.165) is 5.57 Å². The van der Waals surface area contributed by atoms with Crippen LogP contribution in [0.3, 0.4) is 0 Å². The van der Waals surface area contributed by atoms with E-state index in [-0.39, 0.29) is 18.1 Å². The minimum absolute atomic E-state index is 0.125. The van der Waals surface area contributed by atoms with Crippen LogP contribution in [0.1, 0.15) is 6.42 Å². The van der Waals surface area contributed by atoms with Crippen LogP contribution in [-0.2, 0) is 14.9 Å². The second-order valence-electron chi connectivity index (χ2n) is 4.50. The highest BCUT2D eigenvalue weighted by atomic mass is 32.2. The minimum Gasteiger partial charge on any atom is -0.748 e. The van der Waals surface area contributed by atoms with Gasteiger partial charge in [-0.3, -0.25) is 9.69 Å². The van der Waals surface area contributed by atoms with Crippen molar-refractivity contribution >= 4 is 44.3 Å². The van der Waals surface area contributed by atoms with Gasteiger partial charge < -0.3 is 9.45 Å². The van der Waals surface area contributed by atoms with E-state index in [9.17, 15) is 17.8 Å². The van der Waals surface area contributed by atoms with Crippen LogP contribution in [0.2, 0.25) is 0 Å². The predicted octanol–water partition coefficient (Wildman–Crippen LogP) is 1.01. The molecule has 6 nitrogen and oxygen atoms in total. The van der Waals surface area contributed by atoms with E-state index >= 15 is 0 Å². The zero-order chi connectivity index (χ0) is 15.6. The summed E-state index contributed by atoms with van der Waals surface area (Å²) in [5.74, 6) is -0.507. The van der Waals surface area contributed by atoms with Crippen molar-refractivity contribution in [3.8, 4) is 0 Å². The summed E-state index contributed by atoms with van der Waals surface area (Å²) >= 11 is 6.33. The smallest absolute Gasteiger partial charge is 0.266 e. The molecule has 0 radical (unpaired) electrons. The van der Waals surface area contributed by atoms with Crippen molar-refractivity contribution in [1.29, 1.82) is 0 Å². The maximum Gasteiger partial charge on any atom is 0.266 e. The maximum absolute atomic E-state index is 12.0. The summed E-state index contributed by atoms with van der Waals surface area (Å²) in [7, 11) is -2.53. The number of thiocarbonyl (C=S) groups is 1. The summed E-state index contributed by atoms with van der Waals surface area (Å²) in [4.78, 5) is 15.7. The summed E-state index contributed by atoms with van der Waals surface area (Å²) in [6, 6.07) is 0. The van der Waals surface area contributed by atoms with Gasteiger partial charge in [0.15, 0.2) is 0 Å². The molecule has 0 bridgehead atoms. The number of likely N-dealkylation sites (N-methyl/N-ethyl adjacent to an activating group) is 1. The van der Waals surface area contributed by atoms with Gasteiger partial charge in [-0.25, -0.2) is 8.42 Å². The Morgan fingerprint density at radius 3 is 2.43 bits per heavy atom. The molecule has 2 heterocycles. The first-order chi connectivity index (χ1) is 9.78. The van der Waals surface area contributed by atoms with Gasteiger partial charge in [0, 0.05) is 31.7 Å². The third-order valence-corrected chi connectivity index (χ3v) is 5.30. The molecule has 1 saturated heterocycles. The zero-order valence-corrected chi connectivity index (χ0v) is 13.6. The third kappa shape index (κ3) is 4.16. The van der Waals surface area contributed by atoms with Crippen LogP contribution in [-0.4, -0.2) is 52.3 Å². The molecule has 2 aliphatic rings. The normalized spacial score (nSPS) is 19.1. The van der Waals surface area contributed by atoms with Crippen molar-refractivity contribution in [3.63, 3.8) is 0 Å². The number of rotatable bonds is 4. The van der Waals surface area contributed by atoms with Gasteiger partial charge in [-0.15, -0.1) is 0 Å². The SMILES string of the molecule is CN1C(=O)C(=C2C=CN(CCCS(=O)(=O)[O-])C=C2)SC1=S. The Kier molecular flexibility index (Phi) is 4.87. The largest absolute Gasteiger partial charge is 0.748 e. The van der Waals surface area contributed by atoms with Gasteiger partial charge >= 0.3 is 0 Å². The fourth-order valence-electron chi connectivity index (χ4n) is 1.80. The Labute approximate surface area is 132 Å². The summed E-state index contributed by atoms with van der Waals surface area (Å²) in [5.41, 5.74) is 0.768. The lowest BCUT2D eigenvalue weighted by Gasteiger charge is -2.19. The number of hydrogen-bond donors (Lipinski definition) is 0. The van der Waals surface area contributed by atoms with Crippen molar-refractivity contribution in [2.24, 2.45) is 0 Å². The molecule has 1 amide bonds. The van der Waals surface area contributed by atoms with Gasteiger partial charge in [-0.1, -0.05) is 24.0 Å². The molecule has 2 rings (SSSR count). The summed E-state index contributed by atoms with van der Waals surface area (Å²) < 4.78 is 32.1. The van der Waals surface area contributed by atoms with Crippen LogP contribution in [0.5, 0.6) is 0 Å². The molecule has 0 aromatic rings. The Hall–Kier alpha value is -1.16. The Bertz CT molecular complexity index is 648. The Morgan fingerprint density at radius 1 is 1.33 bits per heavy atom. The molecule has 0 aromatic heterocycles. The molecule has 0 atom stereocenters. The van der Waals surface area contributed by atoms with Crippen LogP contribution in [0, 0.1) is 0 Å². The van der Waals surface area contributed by atoms with Crippen LogP contribution < -0.4 is 0 Å². The van der Waals surface area contributed by atoms with Crippen molar-refractivity contribution in [3.05, 3.63) is 35.0 Å². The second-order valence-corrected chi connectivity index (χ2v) is 7.67. The predicted molar refractivity (Wildman–Crippen MR) is 84.2 cm³/mol. The molecule has 1 fully saturated rings. The van der Waals surface area contributed by atoms with Crippen molar-refractivity contribution in [1.82, 2.24) is 9.80 Å². The average Bonchev–Trinajstić information content (AvgIpc) is 2.66. The molecule has 2 aliphatic heterocycles. The molecule has 0 spiro atoms.